The van der Waals surface area contributed by atoms with Gasteiger partial charge in [0.2, 0.25) is 5.79 Å². The first kappa shape index (κ1) is 10.9. The van der Waals surface area contributed by atoms with E-state index in [0.29, 0.717) is 19.8 Å². The predicted octanol–water partition coefficient (Wildman–Crippen LogP) is 1.63. The van der Waals surface area contributed by atoms with Gasteiger partial charge in [0, 0.05) is 0 Å². The van der Waals surface area contributed by atoms with Crippen LogP contribution in [0.3, 0.4) is 0 Å². The Morgan fingerprint density at radius 3 is 2.94 bits per heavy atom. The lowest BCUT2D eigenvalue weighted by atomic mass is 10.2. The summed E-state index contributed by atoms with van der Waals surface area (Å²) in [6, 6.07) is 4.04. The van der Waals surface area contributed by atoms with Crippen LogP contribution < -0.4 is 0 Å². The molecule has 0 bridgehead atoms. The van der Waals surface area contributed by atoms with E-state index in [1.165, 1.54) is 6.33 Å². The van der Waals surface area contributed by atoms with E-state index in [0.717, 1.165) is 11.3 Å². The van der Waals surface area contributed by atoms with Crippen LogP contribution in [0.1, 0.15) is 11.3 Å². The van der Waals surface area contributed by atoms with Crippen LogP contribution in [0.25, 0.3) is 0 Å². The largest absolute Gasteiger partial charge is 0.344 e. The summed E-state index contributed by atoms with van der Waals surface area (Å²) in [6.07, 6.45) is 4.13. The number of ether oxygens (including phenoxy) is 2. The fourth-order valence-corrected chi connectivity index (χ4v) is 2.73. The van der Waals surface area contributed by atoms with Crippen molar-refractivity contribution in [3.05, 3.63) is 35.0 Å². The quantitative estimate of drug-likeness (QED) is 0.832. The van der Waals surface area contributed by atoms with Crippen LogP contribution in [0, 0.1) is 0 Å². The van der Waals surface area contributed by atoms with Crippen LogP contribution in [0.5, 0.6) is 0 Å². The highest BCUT2D eigenvalue weighted by molar-refractivity contribution is 7.10. The maximum absolute atomic E-state index is 5.88. The smallest absolute Gasteiger partial charge is 0.224 e. The Morgan fingerprint density at radius 1 is 1.41 bits per heavy atom. The van der Waals surface area contributed by atoms with Crippen molar-refractivity contribution in [2.45, 2.75) is 18.8 Å². The fourth-order valence-electron chi connectivity index (χ4n) is 1.91. The van der Waals surface area contributed by atoms with E-state index in [2.05, 4.69) is 10.1 Å². The van der Waals surface area contributed by atoms with Gasteiger partial charge in [-0.05, 0) is 17.9 Å². The van der Waals surface area contributed by atoms with Gasteiger partial charge in [0.05, 0.1) is 18.1 Å². The molecule has 17 heavy (non-hydrogen) atoms. The SMILES string of the molecule is c1csc(C2(Cn3cncn3)OCCCO2)c1. The van der Waals surface area contributed by atoms with Gasteiger partial charge in [0.15, 0.2) is 0 Å². The monoisotopic (exact) mass is 251 g/mol. The standard InChI is InChI=1S/C11H13N3O2S/c1-3-10(17-6-1)11(15-4-2-5-16-11)7-14-9-12-8-13-14/h1,3,6,8-9H,2,4-5,7H2. The van der Waals surface area contributed by atoms with Crippen molar-refractivity contribution in [2.24, 2.45) is 0 Å². The van der Waals surface area contributed by atoms with E-state index in [9.17, 15) is 0 Å². The van der Waals surface area contributed by atoms with Crippen molar-refractivity contribution < 1.29 is 9.47 Å². The zero-order valence-electron chi connectivity index (χ0n) is 9.28. The van der Waals surface area contributed by atoms with Gasteiger partial charge in [-0.2, -0.15) is 5.10 Å². The molecule has 0 radical (unpaired) electrons. The van der Waals surface area contributed by atoms with Crippen LogP contribution in [0.4, 0.5) is 0 Å². The molecule has 3 rings (SSSR count). The summed E-state index contributed by atoms with van der Waals surface area (Å²) in [5, 5.41) is 6.14. The molecule has 2 aromatic rings. The lowest BCUT2D eigenvalue weighted by Crippen LogP contribution is -2.41. The van der Waals surface area contributed by atoms with Crippen molar-refractivity contribution in [3.8, 4) is 0 Å². The van der Waals surface area contributed by atoms with Crippen molar-refractivity contribution >= 4 is 11.3 Å². The summed E-state index contributed by atoms with van der Waals surface area (Å²) >= 11 is 1.64. The number of thiophene rings is 1. The molecule has 5 nitrogen and oxygen atoms in total. The van der Waals surface area contributed by atoms with Crippen LogP contribution in [-0.4, -0.2) is 28.0 Å². The highest BCUT2D eigenvalue weighted by atomic mass is 32.1. The second-order valence-electron chi connectivity index (χ2n) is 3.87. The Bertz CT molecular complexity index is 449. The summed E-state index contributed by atoms with van der Waals surface area (Å²) in [4.78, 5) is 5.02. The Kier molecular flexibility index (Phi) is 2.92. The van der Waals surface area contributed by atoms with Gasteiger partial charge in [-0.3, -0.25) is 0 Å². The molecule has 6 heteroatoms. The average Bonchev–Trinajstić information content (AvgIpc) is 3.02. The summed E-state index contributed by atoms with van der Waals surface area (Å²) < 4.78 is 13.5. The first-order chi connectivity index (χ1) is 8.39. The van der Waals surface area contributed by atoms with Gasteiger partial charge in [-0.15, -0.1) is 11.3 Å². The van der Waals surface area contributed by atoms with Crippen molar-refractivity contribution in [1.82, 2.24) is 14.8 Å². The fraction of sp³-hybridized carbons (Fsp3) is 0.455. The van der Waals surface area contributed by atoms with E-state index < -0.39 is 5.79 Å². The second kappa shape index (κ2) is 4.56. The third-order valence-electron chi connectivity index (χ3n) is 2.69. The first-order valence-electron chi connectivity index (χ1n) is 5.53. The first-order valence-corrected chi connectivity index (χ1v) is 6.41. The zero-order valence-corrected chi connectivity index (χ0v) is 10.1. The van der Waals surface area contributed by atoms with E-state index in [-0.39, 0.29) is 0 Å². The Morgan fingerprint density at radius 2 is 2.29 bits per heavy atom. The third kappa shape index (κ3) is 2.11. The second-order valence-corrected chi connectivity index (χ2v) is 4.82. The van der Waals surface area contributed by atoms with Crippen LogP contribution in [0.15, 0.2) is 30.2 Å². The molecule has 0 atom stereocenters. The van der Waals surface area contributed by atoms with Gasteiger partial charge in [0.25, 0.3) is 0 Å². The molecule has 0 saturated carbocycles. The van der Waals surface area contributed by atoms with Gasteiger partial charge >= 0.3 is 0 Å². The third-order valence-corrected chi connectivity index (χ3v) is 3.69. The van der Waals surface area contributed by atoms with Crippen molar-refractivity contribution in [1.29, 1.82) is 0 Å². The molecule has 2 aromatic heterocycles. The van der Waals surface area contributed by atoms with Crippen molar-refractivity contribution in [2.75, 3.05) is 13.2 Å². The Balaban J connectivity index is 1.90. The number of hydrogen-bond acceptors (Lipinski definition) is 5. The van der Waals surface area contributed by atoms with E-state index in [1.807, 2.05) is 17.5 Å². The highest BCUT2D eigenvalue weighted by Crippen LogP contribution is 2.35. The van der Waals surface area contributed by atoms with E-state index in [4.69, 9.17) is 9.47 Å². The summed E-state index contributed by atoms with van der Waals surface area (Å²) in [5.74, 6) is -0.694. The molecule has 0 unspecified atom stereocenters. The molecule has 1 fully saturated rings. The number of aromatic nitrogens is 3. The topological polar surface area (TPSA) is 49.2 Å². The molecule has 0 aliphatic carbocycles. The maximum atomic E-state index is 5.88. The summed E-state index contributed by atoms with van der Waals surface area (Å²) in [7, 11) is 0. The van der Waals surface area contributed by atoms with E-state index in [1.54, 1.807) is 22.3 Å². The minimum absolute atomic E-state index is 0.535. The van der Waals surface area contributed by atoms with Gasteiger partial charge in [-0.1, -0.05) is 6.07 Å². The van der Waals surface area contributed by atoms with Crippen molar-refractivity contribution in [3.63, 3.8) is 0 Å². The molecule has 0 N–H and O–H groups in total. The maximum Gasteiger partial charge on any atom is 0.224 e. The van der Waals surface area contributed by atoms with Crippen LogP contribution >= 0.6 is 11.3 Å². The minimum atomic E-state index is -0.694. The molecule has 0 spiro atoms. The summed E-state index contributed by atoms with van der Waals surface area (Å²) in [6.45, 7) is 1.96. The molecular weight excluding hydrogens is 238 g/mol. The van der Waals surface area contributed by atoms with Gasteiger partial charge < -0.3 is 9.47 Å². The average molecular weight is 251 g/mol. The summed E-state index contributed by atoms with van der Waals surface area (Å²) in [5.41, 5.74) is 0. The molecule has 1 aliphatic rings. The van der Waals surface area contributed by atoms with Crippen LogP contribution in [-0.2, 0) is 21.8 Å². The molecule has 3 heterocycles. The molecular formula is C11H13N3O2S. The van der Waals surface area contributed by atoms with Gasteiger partial charge in [-0.25, -0.2) is 9.67 Å². The molecule has 0 aromatic carbocycles. The lowest BCUT2D eigenvalue weighted by Gasteiger charge is -2.36. The Labute approximate surface area is 103 Å². The molecule has 1 saturated heterocycles. The molecule has 0 amide bonds. The lowest BCUT2D eigenvalue weighted by molar-refractivity contribution is -0.282. The normalized spacial score (nSPS) is 19.3. The number of rotatable bonds is 3. The zero-order chi connectivity index (χ0) is 11.6. The number of nitrogens with zero attached hydrogens (tertiary/aromatic N) is 3. The predicted molar refractivity (Wildman–Crippen MR) is 62.5 cm³/mol. The number of hydrogen-bond donors (Lipinski definition) is 0. The van der Waals surface area contributed by atoms with E-state index >= 15 is 0 Å². The minimum Gasteiger partial charge on any atom is -0.344 e. The highest BCUT2D eigenvalue weighted by Gasteiger charge is 2.38. The van der Waals surface area contributed by atoms with Crippen LogP contribution in [0.2, 0.25) is 0 Å². The Hall–Kier alpha value is -1.24. The molecule has 1 aliphatic heterocycles. The molecule has 90 valence electrons. The van der Waals surface area contributed by atoms with Gasteiger partial charge in [0.1, 0.15) is 19.2 Å².